The molecule has 8 rings (SSSR count). The third-order valence-corrected chi connectivity index (χ3v) is 14.8. The van der Waals surface area contributed by atoms with Crippen molar-refractivity contribution in [2.75, 3.05) is 64.3 Å². The van der Waals surface area contributed by atoms with Gasteiger partial charge in [0.2, 0.25) is 0 Å². The standard InChI is InChI=1S/C33H40BF2N13O11P2S/c34-61(50)55-11-20-27(23(36)33(57-20)49-17-45-25-29(38)41-15-43-31(25)49)60-62(51,63-13-18-1-3-19(4-2-18)54-10-9-53-8-7-52-6-5-46-47-39)56-12-21-26(59-61)22(35)32(58-21)48-16-44-24-28(37)40-14-42-30(24)48/h1-4,14-17,20-23,26-27,32-33H,5-13,34H2,(H2,37,40,42)(H2,38,41,43)/t20-,21-,22-,23-,26-,27-,32-,33-,61+,62+/m1/s1. The zero-order valence-electron chi connectivity index (χ0n) is 33.2. The molecule has 0 spiro atoms. The molecule has 5 aromatic rings. The number of nitrogens with two attached hydrogens (primary N) is 2. The number of benzene rings is 1. The van der Waals surface area contributed by atoms with Crippen LogP contribution in [0.5, 0.6) is 5.75 Å². The predicted octanol–water partition coefficient (Wildman–Crippen LogP) is 3.62. The van der Waals surface area contributed by atoms with Gasteiger partial charge in [-0.2, -0.15) is 0 Å². The molecule has 336 valence electrons. The van der Waals surface area contributed by atoms with Crippen molar-refractivity contribution in [3.63, 3.8) is 0 Å². The molecular weight excluding hydrogens is 897 g/mol. The molecule has 0 aliphatic carbocycles. The Labute approximate surface area is 360 Å². The second-order valence-electron chi connectivity index (χ2n) is 14.1. The summed E-state index contributed by atoms with van der Waals surface area (Å²) in [4.78, 5) is 27.2. The number of anilines is 2. The molecule has 24 nitrogen and oxygen atoms in total. The Hall–Kier alpha value is -4.56. The molecule has 3 saturated heterocycles. The first-order chi connectivity index (χ1) is 30.4. The van der Waals surface area contributed by atoms with Gasteiger partial charge in [0, 0.05) is 17.2 Å². The maximum absolute atomic E-state index is 16.8. The van der Waals surface area contributed by atoms with E-state index in [1.165, 1.54) is 34.4 Å². The zero-order chi connectivity index (χ0) is 44.1. The minimum absolute atomic E-state index is 0.0317. The molecule has 4 N–H and O–H groups in total. The van der Waals surface area contributed by atoms with Gasteiger partial charge in [0.15, 0.2) is 47.7 Å². The highest BCUT2D eigenvalue weighted by Gasteiger charge is 2.54. The molecular formula is C33H40BF2N13O11P2S. The first kappa shape index (κ1) is 45.0. The minimum atomic E-state index is -4.47. The average molecular weight is 938 g/mol. The molecule has 1 aromatic carbocycles. The SMILES string of the molecule is B[P@]1(=O)OC[C@H]2O[C@@H](n3cnc4c(N)ncnc43)[C@H](F)[C@@H]2O[P@@](=O)(SCc2ccc(OCCOCCOCCN=[N+]=[N-])cc2)OC[C@H]2O[C@@H](n3cnc4c(N)ncnc43)[C@H](F)[C@@H]2O1. The van der Waals surface area contributed by atoms with Crippen LogP contribution >= 0.6 is 25.7 Å². The fraction of sp³-hybridized carbons (Fsp3) is 0.515. The van der Waals surface area contributed by atoms with Gasteiger partial charge in [0.1, 0.15) is 60.5 Å². The van der Waals surface area contributed by atoms with Gasteiger partial charge in [-0.1, -0.05) is 17.2 Å². The minimum Gasteiger partial charge on any atom is -0.491 e. The number of nitrogens with zero attached hydrogens (tertiary/aromatic N) is 11. The van der Waals surface area contributed by atoms with Crippen LogP contribution in [0, 0.1) is 0 Å². The Bertz CT molecular complexity index is 2530. The number of ether oxygens (including phenoxy) is 5. The smallest absolute Gasteiger partial charge is 0.389 e. The number of fused-ring (bicyclic) bond motifs is 4. The van der Waals surface area contributed by atoms with Crippen LogP contribution in [-0.4, -0.2) is 136 Å². The van der Waals surface area contributed by atoms with Crippen LogP contribution in [0.1, 0.15) is 18.0 Å². The van der Waals surface area contributed by atoms with E-state index >= 15 is 8.78 Å². The Morgan fingerprint density at radius 3 is 1.97 bits per heavy atom. The van der Waals surface area contributed by atoms with Gasteiger partial charge in [-0.15, -0.1) is 0 Å². The lowest BCUT2D eigenvalue weighted by Crippen LogP contribution is -2.37. The average Bonchev–Trinajstić information content (AvgIpc) is 4.04. The van der Waals surface area contributed by atoms with Gasteiger partial charge in [0.25, 0.3) is 15.0 Å². The predicted molar refractivity (Wildman–Crippen MR) is 221 cm³/mol. The van der Waals surface area contributed by atoms with E-state index in [1.807, 2.05) is 0 Å². The van der Waals surface area contributed by atoms with Crippen molar-refractivity contribution in [3.05, 3.63) is 65.6 Å². The van der Waals surface area contributed by atoms with Crippen molar-refractivity contribution >= 4 is 67.2 Å². The van der Waals surface area contributed by atoms with Gasteiger partial charge in [-0.25, -0.2) is 43.2 Å². The van der Waals surface area contributed by atoms with Gasteiger partial charge < -0.3 is 44.2 Å². The first-order valence-electron chi connectivity index (χ1n) is 19.2. The molecule has 0 amide bonds. The molecule has 10 atom stereocenters. The fourth-order valence-corrected chi connectivity index (χ4v) is 11.4. The molecule has 0 radical (unpaired) electrons. The highest BCUT2D eigenvalue weighted by Crippen LogP contribution is 2.65. The number of alkyl halides is 2. The van der Waals surface area contributed by atoms with Crippen LogP contribution in [0.25, 0.3) is 32.8 Å². The lowest BCUT2D eigenvalue weighted by Gasteiger charge is -2.30. The highest BCUT2D eigenvalue weighted by molar-refractivity contribution is 8.54. The number of azide groups is 1. The topological polar surface area (TPSA) is 305 Å². The van der Waals surface area contributed by atoms with Crippen molar-refractivity contribution in [3.8, 4) is 5.75 Å². The summed E-state index contributed by atoms with van der Waals surface area (Å²) in [5.74, 6) is 0.658. The maximum Gasteiger partial charge on any atom is 0.389 e. The third-order valence-electron chi connectivity index (χ3n) is 9.87. The molecule has 63 heavy (non-hydrogen) atoms. The summed E-state index contributed by atoms with van der Waals surface area (Å²) in [5, 5.41) is 3.39. The summed E-state index contributed by atoms with van der Waals surface area (Å²) >= 11 is 0.740. The summed E-state index contributed by atoms with van der Waals surface area (Å²) < 4.78 is 117. The molecule has 7 heterocycles. The summed E-state index contributed by atoms with van der Waals surface area (Å²) in [6.07, 6.45) is -8.10. The Kier molecular flexibility index (Phi) is 14.1. The van der Waals surface area contributed by atoms with E-state index in [-0.39, 0.29) is 52.9 Å². The summed E-state index contributed by atoms with van der Waals surface area (Å²) in [5.41, 5.74) is 21.5. The molecule has 0 bridgehead atoms. The van der Waals surface area contributed by atoms with Crippen molar-refractivity contribution in [2.45, 2.75) is 55.0 Å². The van der Waals surface area contributed by atoms with E-state index in [4.69, 9.17) is 58.8 Å². The maximum atomic E-state index is 16.8. The molecule has 30 heteroatoms. The number of imidazole rings is 2. The zero-order valence-corrected chi connectivity index (χ0v) is 35.8. The summed E-state index contributed by atoms with van der Waals surface area (Å²) in [6, 6.07) is 6.88. The van der Waals surface area contributed by atoms with Crippen LogP contribution < -0.4 is 16.2 Å². The van der Waals surface area contributed by atoms with Crippen LogP contribution in [0.15, 0.2) is 54.7 Å². The third kappa shape index (κ3) is 10.2. The lowest BCUT2D eigenvalue weighted by molar-refractivity contribution is -0.0546. The number of hydrogen-bond donors (Lipinski definition) is 2. The molecule has 3 fully saturated rings. The van der Waals surface area contributed by atoms with E-state index in [1.54, 1.807) is 24.3 Å². The second kappa shape index (κ2) is 19.7. The quantitative estimate of drug-likeness (QED) is 0.0378. The van der Waals surface area contributed by atoms with Crippen molar-refractivity contribution < 1.29 is 59.7 Å². The van der Waals surface area contributed by atoms with Crippen LogP contribution in [0.4, 0.5) is 20.4 Å². The first-order valence-corrected chi connectivity index (χ1v) is 24.4. The monoisotopic (exact) mass is 937 g/mol. The van der Waals surface area contributed by atoms with E-state index in [9.17, 15) is 9.13 Å². The van der Waals surface area contributed by atoms with Crippen molar-refractivity contribution in [1.29, 1.82) is 0 Å². The largest absolute Gasteiger partial charge is 0.491 e. The molecule has 3 aliphatic rings. The van der Waals surface area contributed by atoms with Crippen LogP contribution in [0.3, 0.4) is 0 Å². The normalized spacial score (nSPS) is 30.0. The van der Waals surface area contributed by atoms with Gasteiger partial charge in [0.05, 0.1) is 52.3 Å². The molecule has 0 saturated carbocycles. The Morgan fingerprint density at radius 1 is 0.810 bits per heavy atom. The Balaban J connectivity index is 1.000. The summed E-state index contributed by atoms with van der Waals surface area (Å²) in [6.45, 7) is -3.97. The fourth-order valence-electron chi connectivity index (χ4n) is 6.87. The number of nitrogen functional groups attached to an aromatic ring is 2. The number of hydrogen-bond acceptors (Lipinski definition) is 21. The van der Waals surface area contributed by atoms with Crippen LogP contribution in [-0.2, 0) is 51.9 Å². The van der Waals surface area contributed by atoms with E-state index in [0.717, 1.165) is 18.9 Å². The Morgan fingerprint density at radius 2 is 1.37 bits per heavy atom. The van der Waals surface area contributed by atoms with Gasteiger partial charge in [-0.05, 0) is 34.6 Å². The van der Waals surface area contributed by atoms with E-state index < -0.39 is 76.7 Å². The molecule has 0 unspecified atom stereocenters. The molecule has 3 aliphatic heterocycles. The van der Waals surface area contributed by atoms with Gasteiger partial charge >= 0.3 is 6.80 Å². The number of rotatable bonds is 15. The number of halogens is 2. The second-order valence-corrected chi connectivity index (χ2v) is 20.1. The van der Waals surface area contributed by atoms with Crippen LogP contribution in [0.2, 0.25) is 0 Å². The highest BCUT2D eigenvalue weighted by atomic mass is 32.7. The number of aromatic nitrogens is 8. The van der Waals surface area contributed by atoms with Crippen molar-refractivity contribution in [1.82, 2.24) is 39.0 Å². The summed E-state index contributed by atoms with van der Waals surface area (Å²) in [7, 11) is -3.05. The van der Waals surface area contributed by atoms with Gasteiger partial charge in [-0.3, -0.25) is 22.7 Å². The van der Waals surface area contributed by atoms with E-state index in [0.29, 0.717) is 37.7 Å². The molecule has 4 aromatic heterocycles. The van der Waals surface area contributed by atoms with E-state index in [2.05, 4.69) is 39.9 Å². The lowest BCUT2D eigenvalue weighted by atomic mass is 10.1. The van der Waals surface area contributed by atoms with Crippen molar-refractivity contribution in [2.24, 2.45) is 5.11 Å².